The van der Waals surface area contributed by atoms with Crippen LogP contribution in [0.2, 0.25) is 0 Å². The maximum atomic E-state index is 12.9. The highest BCUT2D eigenvalue weighted by Gasteiger charge is 2.36. The van der Waals surface area contributed by atoms with Crippen LogP contribution >= 0.6 is 0 Å². The van der Waals surface area contributed by atoms with Gasteiger partial charge in [-0.05, 0) is 12.5 Å². The molecule has 1 N–H and O–H groups in total. The molecule has 2 aliphatic rings. The van der Waals surface area contributed by atoms with Crippen LogP contribution in [-0.4, -0.2) is 80.6 Å². The predicted molar refractivity (Wildman–Crippen MR) is 88.4 cm³/mol. The quantitative estimate of drug-likeness (QED) is 0.731. The summed E-state index contributed by atoms with van der Waals surface area (Å²) in [5.74, 6) is -0.543. The Balaban J connectivity index is 1.75. The molecule has 8 nitrogen and oxygen atoms in total. The third kappa shape index (κ3) is 3.21. The van der Waals surface area contributed by atoms with Crippen LogP contribution in [0.25, 0.3) is 0 Å². The Morgan fingerprint density at radius 3 is 2.67 bits per heavy atom. The lowest BCUT2D eigenvalue weighted by Gasteiger charge is -2.32. The zero-order valence-corrected chi connectivity index (χ0v) is 14.9. The van der Waals surface area contributed by atoms with E-state index in [1.165, 1.54) is 28.2 Å². The van der Waals surface area contributed by atoms with Crippen molar-refractivity contribution in [1.29, 1.82) is 0 Å². The molecule has 0 spiro atoms. The van der Waals surface area contributed by atoms with E-state index in [-0.39, 0.29) is 16.6 Å². The highest BCUT2D eigenvalue weighted by molar-refractivity contribution is 7.89. The number of sulfonamides is 1. The van der Waals surface area contributed by atoms with Crippen molar-refractivity contribution in [3.05, 3.63) is 18.0 Å². The molecule has 2 fully saturated rings. The van der Waals surface area contributed by atoms with Crippen LogP contribution in [0.3, 0.4) is 0 Å². The standard InChI is InChI=1S/C15H24N4O4S/c1-17-11-13(9-14(17)15(20)23-2)24(21,22)19-6-3-12(10-19)18-7-4-16-5-8-18/h9,11-12,16H,3-8,10H2,1-2H3. The number of rotatable bonds is 4. The molecule has 0 bridgehead atoms. The second kappa shape index (κ2) is 6.83. The molecular formula is C15H24N4O4S. The largest absolute Gasteiger partial charge is 0.464 e. The predicted octanol–water partition coefficient (Wildman–Crippen LogP) is -0.520. The van der Waals surface area contributed by atoms with E-state index in [0.717, 1.165) is 32.6 Å². The van der Waals surface area contributed by atoms with Crippen molar-refractivity contribution in [2.45, 2.75) is 17.4 Å². The summed E-state index contributed by atoms with van der Waals surface area (Å²) in [5.41, 5.74) is 0.230. The van der Waals surface area contributed by atoms with Crippen molar-refractivity contribution in [2.75, 3.05) is 46.4 Å². The number of carbonyl (C=O) groups is 1. The topological polar surface area (TPSA) is 83.9 Å². The molecule has 0 radical (unpaired) electrons. The monoisotopic (exact) mass is 356 g/mol. The molecule has 1 atom stereocenters. The molecule has 9 heteroatoms. The number of methoxy groups -OCH3 is 1. The molecular weight excluding hydrogens is 332 g/mol. The molecule has 1 unspecified atom stereocenters. The van der Waals surface area contributed by atoms with Crippen molar-refractivity contribution < 1.29 is 17.9 Å². The second-order valence-electron chi connectivity index (χ2n) is 6.26. The van der Waals surface area contributed by atoms with Crippen LogP contribution < -0.4 is 5.32 Å². The zero-order chi connectivity index (χ0) is 17.3. The Kier molecular flexibility index (Phi) is 4.95. The lowest BCUT2D eigenvalue weighted by atomic mass is 10.2. The fourth-order valence-electron chi connectivity index (χ4n) is 3.41. The third-order valence-corrected chi connectivity index (χ3v) is 6.64. The maximum Gasteiger partial charge on any atom is 0.354 e. The summed E-state index contributed by atoms with van der Waals surface area (Å²) in [7, 11) is -0.674. The van der Waals surface area contributed by atoms with E-state index in [9.17, 15) is 13.2 Å². The molecule has 2 saturated heterocycles. The molecule has 3 heterocycles. The SMILES string of the molecule is COC(=O)c1cc(S(=O)(=O)N2CCC(N3CCNCC3)C2)cn1C. The van der Waals surface area contributed by atoms with E-state index in [1.807, 2.05) is 0 Å². The average Bonchev–Trinajstić information content (AvgIpc) is 3.22. The van der Waals surface area contributed by atoms with Crippen molar-refractivity contribution in [2.24, 2.45) is 7.05 Å². The Hall–Kier alpha value is -1.42. The number of nitrogens with one attached hydrogen (secondary N) is 1. The maximum absolute atomic E-state index is 12.9. The van der Waals surface area contributed by atoms with Gasteiger partial charge in [0.15, 0.2) is 0 Å². The number of hydrogen-bond acceptors (Lipinski definition) is 6. The van der Waals surface area contributed by atoms with Crippen molar-refractivity contribution >= 4 is 16.0 Å². The van der Waals surface area contributed by atoms with E-state index in [0.29, 0.717) is 13.1 Å². The molecule has 2 aliphatic heterocycles. The highest BCUT2D eigenvalue weighted by Crippen LogP contribution is 2.25. The second-order valence-corrected chi connectivity index (χ2v) is 8.19. The normalized spacial score (nSPS) is 23.5. The average molecular weight is 356 g/mol. The molecule has 134 valence electrons. The molecule has 1 aromatic heterocycles. The van der Waals surface area contributed by atoms with Gasteiger partial charge in [-0.1, -0.05) is 0 Å². The number of aromatic nitrogens is 1. The van der Waals surface area contributed by atoms with E-state index in [2.05, 4.69) is 15.0 Å². The van der Waals surface area contributed by atoms with Gasteiger partial charge in [0.05, 0.1) is 7.11 Å². The van der Waals surface area contributed by atoms with Gasteiger partial charge in [0.2, 0.25) is 10.0 Å². The Labute approximate surface area is 142 Å². The Morgan fingerprint density at radius 1 is 1.29 bits per heavy atom. The van der Waals surface area contributed by atoms with E-state index in [4.69, 9.17) is 0 Å². The highest BCUT2D eigenvalue weighted by atomic mass is 32.2. The zero-order valence-electron chi connectivity index (χ0n) is 14.1. The smallest absolute Gasteiger partial charge is 0.354 e. The Morgan fingerprint density at radius 2 is 2.00 bits per heavy atom. The van der Waals surface area contributed by atoms with Crippen LogP contribution in [-0.2, 0) is 21.8 Å². The van der Waals surface area contributed by atoms with Gasteiger partial charge in [0.25, 0.3) is 0 Å². The molecule has 1 aromatic rings. The lowest BCUT2D eigenvalue weighted by Crippen LogP contribution is -2.49. The van der Waals surface area contributed by atoms with Gasteiger partial charge in [-0.15, -0.1) is 0 Å². The van der Waals surface area contributed by atoms with Gasteiger partial charge in [0.1, 0.15) is 10.6 Å². The summed E-state index contributed by atoms with van der Waals surface area (Å²) in [6.07, 6.45) is 2.32. The minimum atomic E-state index is -3.59. The van der Waals surface area contributed by atoms with Crippen molar-refractivity contribution in [1.82, 2.24) is 19.1 Å². The first-order valence-corrected chi connectivity index (χ1v) is 9.57. The van der Waals surface area contributed by atoms with Crippen molar-refractivity contribution in [3.8, 4) is 0 Å². The molecule has 0 aliphatic carbocycles. The number of piperazine rings is 1. The summed E-state index contributed by atoms with van der Waals surface area (Å²) in [4.78, 5) is 14.2. The van der Waals surface area contributed by atoms with Crippen LogP contribution in [0.4, 0.5) is 0 Å². The molecule has 0 amide bonds. The molecule has 0 aromatic carbocycles. The number of esters is 1. The van der Waals surface area contributed by atoms with Gasteiger partial charge >= 0.3 is 5.97 Å². The van der Waals surface area contributed by atoms with Crippen LogP contribution in [0.1, 0.15) is 16.9 Å². The lowest BCUT2D eigenvalue weighted by molar-refractivity contribution is 0.0590. The number of nitrogens with zero attached hydrogens (tertiary/aromatic N) is 3. The van der Waals surface area contributed by atoms with Gasteiger partial charge in [-0.3, -0.25) is 4.90 Å². The van der Waals surface area contributed by atoms with Crippen LogP contribution in [0, 0.1) is 0 Å². The first-order valence-electron chi connectivity index (χ1n) is 8.13. The minimum absolute atomic E-state index is 0.145. The van der Waals surface area contributed by atoms with Gasteiger partial charge in [0, 0.05) is 58.6 Å². The van der Waals surface area contributed by atoms with Gasteiger partial charge < -0.3 is 14.6 Å². The third-order valence-electron chi connectivity index (χ3n) is 4.81. The first kappa shape index (κ1) is 17.4. The molecule has 0 saturated carbocycles. The van der Waals surface area contributed by atoms with E-state index < -0.39 is 16.0 Å². The number of aryl methyl sites for hydroxylation is 1. The number of ether oxygens (including phenoxy) is 1. The van der Waals surface area contributed by atoms with E-state index >= 15 is 0 Å². The van der Waals surface area contributed by atoms with Crippen LogP contribution in [0.15, 0.2) is 17.2 Å². The van der Waals surface area contributed by atoms with Crippen molar-refractivity contribution in [3.63, 3.8) is 0 Å². The summed E-state index contributed by atoms with van der Waals surface area (Å²) in [6, 6.07) is 1.66. The first-order chi connectivity index (χ1) is 11.4. The molecule has 3 rings (SSSR count). The van der Waals surface area contributed by atoms with E-state index in [1.54, 1.807) is 7.05 Å². The summed E-state index contributed by atoms with van der Waals surface area (Å²) < 4.78 is 33.4. The Bertz CT molecular complexity index is 709. The van der Waals surface area contributed by atoms with Crippen LogP contribution in [0.5, 0.6) is 0 Å². The summed E-state index contributed by atoms with van der Waals surface area (Å²) >= 11 is 0. The fourth-order valence-corrected chi connectivity index (χ4v) is 4.97. The summed E-state index contributed by atoms with van der Waals surface area (Å²) in [5, 5.41) is 3.31. The van der Waals surface area contributed by atoms with Gasteiger partial charge in [-0.25, -0.2) is 13.2 Å². The number of carbonyl (C=O) groups excluding carboxylic acids is 1. The summed E-state index contributed by atoms with van der Waals surface area (Å²) in [6.45, 7) is 4.83. The molecule has 24 heavy (non-hydrogen) atoms. The number of hydrogen-bond donors (Lipinski definition) is 1. The van der Waals surface area contributed by atoms with Gasteiger partial charge in [-0.2, -0.15) is 4.31 Å². The fraction of sp³-hybridized carbons (Fsp3) is 0.667. The minimum Gasteiger partial charge on any atom is -0.464 e.